The molecule has 4 nitrogen and oxygen atoms in total. The molecule has 92 valence electrons. The van der Waals surface area contributed by atoms with Crippen molar-refractivity contribution in [2.75, 3.05) is 6.79 Å². The van der Waals surface area contributed by atoms with Crippen molar-refractivity contribution < 1.29 is 23.8 Å². The van der Waals surface area contributed by atoms with Gasteiger partial charge in [0.1, 0.15) is 11.6 Å². The maximum atomic E-state index is 13.7. The molecule has 0 saturated carbocycles. The van der Waals surface area contributed by atoms with Gasteiger partial charge in [0.25, 0.3) is 0 Å². The Morgan fingerprint density at radius 3 is 3.06 bits per heavy atom. The molecule has 1 unspecified atom stereocenters. The highest BCUT2D eigenvalue weighted by molar-refractivity contribution is 5.70. The number of rotatable bonds is 3. The number of carbonyl (C=O) groups is 1. The second kappa shape index (κ2) is 4.71. The summed E-state index contributed by atoms with van der Waals surface area (Å²) in [5.41, 5.74) is 1.01. The molecule has 1 aliphatic rings. The monoisotopic (exact) mass is 240 g/mol. The second-order valence-corrected chi connectivity index (χ2v) is 4.11. The molecule has 0 spiro atoms. The smallest absolute Gasteiger partial charge is 0.306 e. The Morgan fingerprint density at radius 2 is 2.35 bits per heavy atom. The van der Waals surface area contributed by atoms with Gasteiger partial charge in [-0.2, -0.15) is 0 Å². The highest BCUT2D eigenvalue weighted by Crippen LogP contribution is 2.28. The van der Waals surface area contributed by atoms with Crippen molar-refractivity contribution in [2.45, 2.75) is 20.0 Å². The van der Waals surface area contributed by atoms with E-state index < -0.39 is 17.7 Å². The van der Waals surface area contributed by atoms with Crippen molar-refractivity contribution in [3.63, 3.8) is 0 Å². The summed E-state index contributed by atoms with van der Waals surface area (Å²) in [6, 6.07) is 2.91. The molecule has 1 N–H and O–H groups in total. The third-order valence-corrected chi connectivity index (χ3v) is 2.73. The van der Waals surface area contributed by atoms with Crippen LogP contribution < -0.4 is 4.74 Å². The fourth-order valence-corrected chi connectivity index (χ4v) is 1.71. The van der Waals surface area contributed by atoms with Gasteiger partial charge in [-0.3, -0.25) is 4.79 Å². The topological polar surface area (TPSA) is 55.8 Å². The lowest BCUT2D eigenvalue weighted by atomic mass is 9.99. The number of carboxylic acid groups (broad SMARTS) is 1. The molecule has 1 aromatic rings. The lowest BCUT2D eigenvalue weighted by molar-refractivity contribution is -0.141. The first-order valence-corrected chi connectivity index (χ1v) is 5.32. The van der Waals surface area contributed by atoms with Crippen LogP contribution in [-0.4, -0.2) is 17.9 Å². The molecular formula is C12H13FO4. The first-order valence-electron chi connectivity index (χ1n) is 5.32. The third-order valence-electron chi connectivity index (χ3n) is 2.73. The van der Waals surface area contributed by atoms with E-state index in [-0.39, 0.29) is 13.2 Å². The molecule has 17 heavy (non-hydrogen) atoms. The molecule has 2 rings (SSSR count). The molecular weight excluding hydrogens is 227 g/mol. The van der Waals surface area contributed by atoms with E-state index in [1.54, 1.807) is 13.0 Å². The number of aliphatic carboxylic acids is 1. The Bertz CT molecular complexity index is 444. The van der Waals surface area contributed by atoms with Gasteiger partial charge in [-0.25, -0.2) is 4.39 Å². The quantitative estimate of drug-likeness (QED) is 0.877. The number of hydrogen-bond donors (Lipinski definition) is 1. The summed E-state index contributed by atoms with van der Waals surface area (Å²) in [6.07, 6.45) is 0.151. The average Bonchev–Trinajstić information content (AvgIpc) is 2.29. The van der Waals surface area contributed by atoms with E-state index >= 15 is 0 Å². The van der Waals surface area contributed by atoms with Crippen LogP contribution in [0.5, 0.6) is 5.75 Å². The summed E-state index contributed by atoms with van der Waals surface area (Å²) < 4.78 is 23.9. The minimum atomic E-state index is -0.939. The van der Waals surface area contributed by atoms with E-state index in [0.717, 1.165) is 0 Å². The molecule has 1 aromatic carbocycles. The summed E-state index contributed by atoms with van der Waals surface area (Å²) in [5, 5.41) is 8.80. The van der Waals surface area contributed by atoms with Crippen LogP contribution in [0.2, 0.25) is 0 Å². The van der Waals surface area contributed by atoms with Crippen LogP contribution in [0, 0.1) is 11.7 Å². The molecule has 0 saturated heterocycles. The Morgan fingerprint density at radius 1 is 1.59 bits per heavy atom. The number of benzene rings is 1. The van der Waals surface area contributed by atoms with E-state index in [0.29, 0.717) is 23.5 Å². The Labute approximate surface area is 98.0 Å². The molecule has 0 aliphatic carbocycles. The average molecular weight is 240 g/mol. The van der Waals surface area contributed by atoms with Gasteiger partial charge in [0.05, 0.1) is 12.5 Å². The normalized spacial score (nSPS) is 15.9. The molecule has 0 aromatic heterocycles. The van der Waals surface area contributed by atoms with Crippen LogP contribution in [0.1, 0.15) is 18.1 Å². The first kappa shape index (κ1) is 11.9. The Kier molecular flexibility index (Phi) is 3.28. The number of halogens is 1. The van der Waals surface area contributed by atoms with Gasteiger partial charge in [-0.05, 0) is 24.1 Å². The largest absolute Gasteiger partial charge is 0.481 e. The van der Waals surface area contributed by atoms with Crippen molar-refractivity contribution in [1.29, 1.82) is 0 Å². The van der Waals surface area contributed by atoms with E-state index in [4.69, 9.17) is 14.6 Å². The predicted octanol–water partition coefficient (Wildman–Crippen LogP) is 1.96. The zero-order valence-corrected chi connectivity index (χ0v) is 9.40. The molecule has 5 heteroatoms. The highest BCUT2D eigenvalue weighted by atomic mass is 19.1. The second-order valence-electron chi connectivity index (χ2n) is 4.11. The van der Waals surface area contributed by atoms with Crippen molar-refractivity contribution in [1.82, 2.24) is 0 Å². The molecule has 1 atom stereocenters. The summed E-state index contributed by atoms with van der Waals surface area (Å²) in [5.74, 6) is -1.40. The SMILES string of the molecule is CC(Cc1cc2c(cc1F)COCO2)C(=O)O. The molecule has 0 fully saturated rings. The van der Waals surface area contributed by atoms with Gasteiger partial charge < -0.3 is 14.6 Å². The summed E-state index contributed by atoms with van der Waals surface area (Å²) in [6.45, 7) is 2.01. The van der Waals surface area contributed by atoms with Gasteiger partial charge in [0.2, 0.25) is 0 Å². The van der Waals surface area contributed by atoms with Crippen LogP contribution in [0.3, 0.4) is 0 Å². The van der Waals surface area contributed by atoms with Crippen LogP contribution in [0.15, 0.2) is 12.1 Å². The fourth-order valence-electron chi connectivity index (χ4n) is 1.71. The predicted molar refractivity (Wildman–Crippen MR) is 57.2 cm³/mol. The molecule has 0 amide bonds. The van der Waals surface area contributed by atoms with E-state index in [1.165, 1.54) is 6.07 Å². The summed E-state index contributed by atoms with van der Waals surface area (Å²) in [7, 11) is 0. The van der Waals surface area contributed by atoms with Crippen molar-refractivity contribution in [3.8, 4) is 5.75 Å². The van der Waals surface area contributed by atoms with E-state index in [9.17, 15) is 9.18 Å². The summed E-state index contributed by atoms with van der Waals surface area (Å²) in [4.78, 5) is 10.7. The van der Waals surface area contributed by atoms with Crippen LogP contribution in [0.4, 0.5) is 4.39 Å². The number of hydrogen-bond acceptors (Lipinski definition) is 3. The van der Waals surface area contributed by atoms with Crippen molar-refractivity contribution >= 4 is 5.97 Å². The molecule has 1 heterocycles. The summed E-state index contributed by atoms with van der Waals surface area (Å²) >= 11 is 0. The van der Waals surface area contributed by atoms with Gasteiger partial charge in [-0.15, -0.1) is 0 Å². The lowest BCUT2D eigenvalue weighted by Crippen LogP contribution is -2.15. The standard InChI is InChI=1S/C12H13FO4/c1-7(12(14)15)2-8-4-11-9(3-10(8)13)5-16-6-17-11/h3-4,7H,2,5-6H2,1H3,(H,14,15). The zero-order valence-electron chi connectivity index (χ0n) is 9.40. The van der Waals surface area contributed by atoms with Crippen molar-refractivity contribution in [3.05, 3.63) is 29.1 Å². The van der Waals surface area contributed by atoms with E-state index in [1.807, 2.05) is 0 Å². The van der Waals surface area contributed by atoms with Crippen LogP contribution >= 0.6 is 0 Å². The molecule has 1 aliphatic heterocycles. The van der Waals surface area contributed by atoms with Gasteiger partial charge in [-0.1, -0.05) is 6.92 Å². The highest BCUT2D eigenvalue weighted by Gasteiger charge is 2.18. The van der Waals surface area contributed by atoms with E-state index in [2.05, 4.69) is 0 Å². The minimum absolute atomic E-state index is 0.145. The maximum absolute atomic E-state index is 13.7. The van der Waals surface area contributed by atoms with Gasteiger partial charge >= 0.3 is 5.97 Å². The van der Waals surface area contributed by atoms with Crippen LogP contribution in [0.25, 0.3) is 0 Å². The van der Waals surface area contributed by atoms with Gasteiger partial charge in [0, 0.05) is 5.56 Å². The minimum Gasteiger partial charge on any atom is -0.481 e. The zero-order chi connectivity index (χ0) is 12.4. The Hall–Kier alpha value is -1.62. The molecule has 0 radical (unpaired) electrons. The Balaban J connectivity index is 2.25. The first-order chi connectivity index (χ1) is 8.08. The van der Waals surface area contributed by atoms with Gasteiger partial charge in [0.15, 0.2) is 6.79 Å². The lowest BCUT2D eigenvalue weighted by Gasteiger charge is -2.19. The number of carboxylic acids is 1. The van der Waals surface area contributed by atoms with Crippen LogP contribution in [-0.2, 0) is 22.6 Å². The van der Waals surface area contributed by atoms with Crippen molar-refractivity contribution in [2.24, 2.45) is 5.92 Å². The molecule has 0 bridgehead atoms. The maximum Gasteiger partial charge on any atom is 0.306 e. The third kappa shape index (κ3) is 2.55. The fraction of sp³-hybridized carbons (Fsp3) is 0.417. The number of fused-ring (bicyclic) bond motifs is 1. The number of ether oxygens (including phenoxy) is 2.